The molecule has 0 saturated carbocycles. The molecular weight excluding hydrogens is 203 g/mol. The summed E-state index contributed by atoms with van der Waals surface area (Å²) in [4.78, 5) is 4.72. The summed E-state index contributed by atoms with van der Waals surface area (Å²) in [6.45, 7) is -0.0885. The molecule has 14 heavy (non-hydrogen) atoms. The van der Waals surface area contributed by atoms with Gasteiger partial charge in [-0.05, 0) is 6.92 Å². The fraction of sp³-hybridized carbons (Fsp3) is 1.00. The first kappa shape index (κ1) is 11.7. The monoisotopic (exact) mass is 215 g/mol. The summed E-state index contributed by atoms with van der Waals surface area (Å²) in [7, 11) is 0. The van der Waals surface area contributed by atoms with Crippen LogP contribution in [0.2, 0.25) is 0 Å². The lowest BCUT2D eigenvalue weighted by Gasteiger charge is -2.29. The quantitative estimate of drug-likeness (QED) is 0.675. The number of alkyl halides is 3. The van der Waals surface area contributed by atoms with Gasteiger partial charge >= 0.3 is 6.18 Å². The average molecular weight is 215 g/mol. The summed E-state index contributed by atoms with van der Waals surface area (Å²) in [5.41, 5.74) is -2.82. The molecule has 0 bridgehead atoms. The largest absolute Gasteiger partial charge is 0.418 e. The Kier molecular flexibility index (Phi) is 3.05. The maximum Gasteiger partial charge on any atom is 0.418 e. The van der Waals surface area contributed by atoms with Crippen LogP contribution in [0.1, 0.15) is 6.92 Å². The summed E-state index contributed by atoms with van der Waals surface area (Å²) in [5, 5.41) is 19.0. The molecule has 0 aromatic heterocycles. The van der Waals surface area contributed by atoms with Crippen molar-refractivity contribution in [2.75, 3.05) is 19.7 Å². The predicted octanol–water partition coefficient (Wildman–Crippen LogP) is -0.0922. The van der Waals surface area contributed by atoms with E-state index in [0.29, 0.717) is 6.92 Å². The van der Waals surface area contributed by atoms with Crippen molar-refractivity contribution in [2.45, 2.75) is 24.8 Å². The van der Waals surface area contributed by atoms with Gasteiger partial charge in [-0.2, -0.15) is 18.2 Å². The summed E-state index contributed by atoms with van der Waals surface area (Å²) in [5.74, 6) is 0. The molecule has 1 rings (SSSR count). The topological polar surface area (TPSA) is 52.9 Å². The second kappa shape index (κ2) is 3.65. The van der Waals surface area contributed by atoms with E-state index >= 15 is 0 Å². The second-order valence-electron chi connectivity index (χ2n) is 3.54. The number of rotatable bonds is 2. The Balaban J connectivity index is 2.51. The second-order valence-corrected chi connectivity index (χ2v) is 3.54. The van der Waals surface area contributed by atoms with Crippen LogP contribution in [-0.4, -0.2) is 52.9 Å². The van der Waals surface area contributed by atoms with Crippen LogP contribution in [0.25, 0.3) is 0 Å². The fourth-order valence-electron chi connectivity index (χ4n) is 1.08. The van der Waals surface area contributed by atoms with Crippen LogP contribution in [0.15, 0.2) is 0 Å². The van der Waals surface area contributed by atoms with Gasteiger partial charge in [0.1, 0.15) is 0 Å². The van der Waals surface area contributed by atoms with E-state index in [0.717, 1.165) is 5.06 Å². The van der Waals surface area contributed by atoms with Gasteiger partial charge in [0.15, 0.2) is 5.60 Å². The van der Waals surface area contributed by atoms with Gasteiger partial charge in [-0.1, -0.05) is 0 Å². The maximum atomic E-state index is 12.2. The Morgan fingerprint density at radius 3 is 2.43 bits per heavy atom. The smallest absolute Gasteiger partial charge is 0.389 e. The minimum absolute atomic E-state index is 0.0216. The highest BCUT2D eigenvalue weighted by Crippen LogP contribution is 2.31. The zero-order chi connectivity index (χ0) is 11.0. The Morgan fingerprint density at radius 2 is 2.07 bits per heavy atom. The first-order valence-electron chi connectivity index (χ1n) is 4.07. The summed E-state index contributed by atoms with van der Waals surface area (Å²) < 4.78 is 36.6. The molecule has 0 aliphatic carbocycles. The molecule has 0 aromatic carbocycles. The van der Waals surface area contributed by atoms with E-state index in [1.54, 1.807) is 0 Å². The van der Waals surface area contributed by atoms with E-state index in [1.807, 2.05) is 0 Å². The van der Waals surface area contributed by atoms with Crippen LogP contribution in [0.3, 0.4) is 0 Å². The zero-order valence-electron chi connectivity index (χ0n) is 7.58. The standard InChI is InChI=1S/C7H12F3NO3/c1-6(13,7(8,9)10)4-11-2-5(12)3-14-11/h5,12-13H,2-4H2,1H3. The van der Waals surface area contributed by atoms with Crippen molar-refractivity contribution in [1.29, 1.82) is 0 Å². The van der Waals surface area contributed by atoms with Crippen molar-refractivity contribution in [2.24, 2.45) is 0 Å². The molecule has 1 fully saturated rings. The van der Waals surface area contributed by atoms with Gasteiger partial charge in [-0.15, -0.1) is 0 Å². The van der Waals surface area contributed by atoms with Crippen molar-refractivity contribution < 1.29 is 28.2 Å². The molecule has 84 valence electrons. The van der Waals surface area contributed by atoms with Crippen LogP contribution in [0.5, 0.6) is 0 Å². The van der Waals surface area contributed by atoms with Crippen LogP contribution < -0.4 is 0 Å². The summed E-state index contributed by atoms with van der Waals surface area (Å²) in [6.07, 6.45) is -5.50. The predicted molar refractivity (Wildman–Crippen MR) is 40.2 cm³/mol. The lowest BCUT2D eigenvalue weighted by molar-refractivity contribution is -0.276. The molecule has 0 spiro atoms. The van der Waals surface area contributed by atoms with Crippen molar-refractivity contribution >= 4 is 0 Å². The Labute approximate surface area is 78.8 Å². The molecule has 1 heterocycles. The van der Waals surface area contributed by atoms with Crippen LogP contribution in [0, 0.1) is 0 Å². The molecule has 2 unspecified atom stereocenters. The van der Waals surface area contributed by atoms with E-state index in [9.17, 15) is 13.2 Å². The highest BCUT2D eigenvalue weighted by Gasteiger charge is 2.51. The normalized spacial score (nSPS) is 29.1. The minimum Gasteiger partial charge on any atom is -0.389 e. The van der Waals surface area contributed by atoms with Crippen molar-refractivity contribution in [3.8, 4) is 0 Å². The average Bonchev–Trinajstić information content (AvgIpc) is 2.31. The molecule has 1 saturated heterocycles. The highest BCUT2D eigenvalue weighted by atomic mass is 19.4. The first-order valence-corrected chi connectivity index (χ1v) is 4.07. The molecule has 0 aromatic rings. The fourth-order valence-corrected chi connectivity index (χ4v) is 1.08. The van der Waals surface area contributed by atoms with Gasteiger partial charge in [0.2, 0.25) is 0 Å². The Morgan fingerprint density at radius 1 is 1.50 bits per heavy atom. The van der Waals surface area contributed by atoms with E-state index < -0.39 is 24.4 Å². The molecule has 4 nitrogen and oxygen atoms in total. The minimum atomic E-state index is -4.70. The van der Waals surface area contributed by atoms with Crippen LogP contribution in [0.4, 0.5) is 13.2 Å². The number of hydrogen-bond acceptors (Lipinski definition) is 4. The van der Waals surface area contributed by atoms with E-state index in [4.69, 9.17) is 15.1 Å². The number of hydrogen-bond donors (Lipinski definition) is 2. The van der Waals surface area contributed by atoms with Crippen molar-refractivity contribution in [3.05, 3.63) is 0 Å². The molecule has 7 heteroatoms. The first-order chi connectivity index (χ1) is 6.22. The van der Waals surface area contributed by atoms with E-state index in [1.165, 1.54) is 0 Å². The Hall–Kier alpha value is -0.370. The lowest BCUT2D eigenvalue weighted by Crippen LogP contribution is -2.50. The summed E-state index contributed by atoms with van der Waals surface area (Å²) in [6, 6.07) is 0. The van der Waals surface area contributed by atoms with E-state index in [2.05, 4.69) is 0 Å². The number of aliphatic hydroxyl groups excluding tert-OH is 1. The zero-order valence-corrected chi connectivity index (χ0v) is 7.58. The number of β-amino-alcohol motifs (C(OH)–C–C–N with tert-alkyl or cyclic N) is 2. The van der Waals surface area contributed by atoms with Crippen LogP contribution in [-0.2, 0) is 4.84 Å². The molecule has 1 aliphatic rings. The third kappa shape index (κ3) is 2.57. The third-order valence-corrected chi connectivity index (χ3v) is 1.96. The molecule has 0 amide bonds. The highest BCUT2D eigenvalue weighted by molar-refractivity contribution is 4.84. The molecule has 2 atom stereocenters. The number of aliphatic hydroxyl groups is 2. The maximum absolute atomic E-state index is 12.2. The van der Waals surface area contributed by atoms with Crippen LogP contribution >= 0.6 is 0 Å². The number of nitrogens with zero attached hydrogens (tertiary/aromatic N) is 1. The van der Waals surface area contributed by atoms with Crippen molar-refractivity contribution in [1.82, 2.24) is 5.06 Å². The van der Waals surface area contributed by atoms with Gasteiger partial charge in [0.25, 0.3) is 0 Å². The SMILES string of the molecule is CC(O)(CN1CC(O)CO1)C(F)(F)F. The number of hydroxylamine groups is 2. The van der Waals surface area contributed by atoms with Gasteiger partial charge in [0.05, 0.1) is 25.8 Å². The number of halogens is 3. The summed E-state index contributed by atoms with van der Waals surface area (Å²) >= 11 is 0. The third-order valence-electron chi connectivity index (χ3n) is 1.96. The van der Waals surface area contributed by atoms with Gasteiger partial charge in [0, 0.05) is 0 Å². The molecule has 2 N–H and O–H groups in total. The van der Waals surface area contributed by atoms with Crippen molar-refractivity contribution in [3.63, 3.8) is 0 Å². The van der Waals surface area contributed by atoms with Gasteiger partial charge < -0.3 is 10.2 Å². The molecular formula is C7H12F3NO3. The molecule has 1 aliphatic heterocycles. The van der Waals surface area contributed by atoms with Gasteiger partial charge in [-0.25, -0.2) is 0 Å². The van der Waals surface area contributed by atoms with E-state index in [-0.39, 0.29) is 13.2 Å². The Bertz CT molecular complexity index is 207. The lowest BCUT2D eigenvalue weighted by atomic mass is 10.1. The van der Waals surface area contributed by atoms with Gasteiger partial charge in [-0.3, -0.25) is 4.84 Å². The molecule has 0 radical (unpaired) electrons.